The number of nitrogens with one attached hydrogen (secondary N) is 2. The highest BCUT2D eigenvalue weighted by Gasteiger charge is 2.19. The molecule has 1 aliphatic rings. The van der Waals surface area contributed by atoms with Crippen molar-refractivity contribution in [3.63, 3.8) is 0 Å². The van der Waals surface area contributed by atoms with E-state index in [0.717, 1.165) is 25.9 Å². The molecule has 5 nitrogen and oxygen atoms in total. The topological polar surface area (TPSA) is 75.3 Å². The summed E-state index contributed by atoms with van der Waals surface area (Å²) < 4.78 is 39.1. The molecule has 1 saturated heterocycles. The van der Waals surface area contributed by atoms with Gasteiger partial charge < -0.3 is 10.6 Å². The number of hydrogen-bond acceptors (Lipinski definition) is 4. The summed E-state index contributed by atoms with van der Waals surface area (Å²) in [6, 6.07) is 8.99. The van der Waals surface area contributed by atoms with E-state index in [1.54, 1.807) is 19.1 Å². The van der Waals surface area contributed by atoms with Crippen LogP contribution < -0.4 is 10.6 Å². The minimum absolute atomic E-state index is 0.0214. The van der Waals surface area contributed by atoms with Crippen LogP contribution in [0.5, 0.6) is 0 Å². The van der Waals surface area contributed by atoms with Crippen molar-refractivity contribution in [2.45, 2.75) is 37.6 Å². The van der Waals surface area contributed by atoms with Gasteiger partial charge >= 0.3 is 0 Å². The van der Waals surface area contributed by atoms with Crippen molar-refractivity contribution in [1.82, 2.24) is 10.6 Å². The van der Waals surface area contributed by atoms with Crippen molar-refractivity contribution in [2.24, 2.45) is 5.92 Å². The normalized spacial score (nSPS) is 15.2. The summed E-state index contributed by atoms with van der Waals surface area (Å²) in [6.07, 6.45) is 2.70. The van der Waals surface area contributed by atoms with Gasteiger partial charge in [0.05, 0.1) is 10.6 Å². The fourth-order valence-corrected chi connectivity index (χ4v) is 4.99. The van der Waals surface area contributed by atoms with Crippen molar-refractivity contribution < 1.29 is 17.6 Å². The standard InChI is InChI=1S/C22H26ClFN2O3S/c1-2-30(28,29)21-6-5-19(23)12-18(21)14-26-22(27)17-4-3-16(20(24)13-17)11-15-7-9-25-10-8-15/h3-6,12-13,15,25H,2,7-11,14H2,1H3,(H,26,27). The molecular weight excluding hydrogens is 427 g/mol. The summed E-state index contributed by atoms with van der Waals surface area (Å²) in [5.41, 5.74) is 1.22. The molecule has 0 unspecified atom stereocenters. The molecule has 2 N–H and O–H groups in total. The molecular formula is C22H26ClFN2O3S. The van der Waals surface area contributed by atoms with Crippen LogP contribution in [0.1, 0.15) is 41.3 Å². The third kappa shape index (κ3) is 5.59. The van der Waals surface area contributed by atoms with Gasteiger partial charge in [0.1, 0.15) is 5.82 Å². The Kier molecular flexibility index (Phi) is 7.50. The molecule has 0 saturated carbocycles. The number of amides is 1. The van der Waals surface area contributed by atoms with Crippen molar-refractivity contribution in [3.8, 4) is 0 Å². The minimum Gasteiger partial charge on any atom is -0.348 e. The molecule has 0 atom stereocenters. The molecule has 0 radical (unpaired) electrons. The number of hydrogen-bond donors (Lipinski definition) is 2. The largest absolute Gasteiger partial charge is 0.348 e. The number of carbonyl (C=O) groups excluding carboxylic acids is 1. The van der Waals surface area contributed by atoms with Gasteiger partial charge in [-0.1, -0.05) is 24.6 Å². The third-order valence-electron chi connectivity index (χ3n) is 5.46. The first-order valence-electron chi connectivity index (χ1n) is 10.1. The van der Waals surface area contributed by atoms with Crippen LogP contribution in [-0.2, 0) is 22.8 Å². The average Bonchev–Trinajstić information content (AvgIpc) is 2.74. The van der Waals surface area contributed by atoms with Crippen LogP contribution in [0.2, 0.25) is 5.02 Å². The summed E-state index contributed by atoms with van der Waals surface area (Å²) in [7, 11) is -3.46. The van der Waals surface area contributed by atoms with Gasteiger partial charge in [-0.05, 0) is 79.7 Å². The van der Waals surface area contributed by atoms with E-state index >= 15 is 0 Å². The molecule has 1 fully saturated rings. The van der Waals surface area contributed by atoms with Gasteiger partial charge in [-0.25, -0.2) is 12.8 Å². The highest BCUT2D eigenvalue weighted by Crippen LogP contribution is 2.23. The molecule has 0 spiro atoms. The smallest absolute Gasteiger partial charge is 0.251 e. The van der Waals surface area contributed by atoms with E-state index in [1.807, 2.05) is 0 Å². The first-order valence-corrected chi connectivity index (χ1v) is 12.1. The third-order valence-corrected chi connectivity index (χ3v) is 7.52. The maximum Gasteiger partial charge on any atom is 0.251 e. The van der Waals surface area contributed by atoms with Gasteiger partial charge in [-0.2, -0.15) is 0 Å². The van der Waals surface area contributed by atoms with E-state index in [4.69, 9.17) is 11.6 Å². The number of rotatable bonds is 7. The Morgan fingerprint density at radius 3 is 2.57 bits per heavy atom. The molecule has 1 amide bonds. The SMILES string of the molecule is CCS(=O)(=O)c1ccc(Cl)cc1CNC(=O)c1ccc(CC2CCNCC2)c(F)c1. The number of halogens is 2. The number of piperidine rings is 1. The summed E-state index contributed by atoms with van der Waals surface area (Å²) >= 11 is 6.00. The zero-order chi connectivity index (χ0) is 21.7. The average molecular weight is 453 g/mol. The maximum absolute atomic E-state index is 14.6. The second kappa shape index (κ2) is 9.90. The van der Waals surface area contributed by atoms with Gasteiger partial charge in [0.2, 0.25) is 0 Å². The van der Waals surface area contributed by atoms with E-state index in [0.29, 0.717) is 28.5 Å². The predicted octanol–water partition coefficient (Wildman–Crippen LogP) is 3.74. The summed E-state index contributed by atoms with van der Waals surface area (Å²) in [4.78, 5) is 12.7. The quantitative estimate of drug-likeness (QED) is 0.671. The van der Waals surface area contributed by atoms with Crippen LogP contribution in [0.25, 0.3) is 0 Å². The van der Waals surface area contributed by atoms with Gasteiger partial charge in [0, 0.05) is 17.1 Å². The van der Waals surface area contributed by atoms with E-state index in [1.165, 1.54) is 24.3 Å². The lowest BCUT2D eigenvalue weighted by Crippen LogP contribution is -2.29. The summed E-state index contributed by atoms with van der Waals surface area (Å²) in [6.45, 7) is 3.44. The van der Waals surface area contributed by atoms with E-state index in [-0.39, 0.29) is 22.8 Å². The molecule has 0 bridgehead atoms. The van der Waals surface area contributed by atoms with Crippen LogP contribution >= 0.6 is 11.6 Å². The Labute approximate surface area is 181 Å². The van der Waals surface area contributed by atoms with Crippen molar-refractivity contribution >= 4 is 27.3 Å². The highest BCUT2D eigenvalue weighted by molar-refractivity contribution is 7.91. The minimum atomic E-state index is -3.46. The molecule has 8 heteroatoms. The predicted molar refractivity (Wildman–Crippen MR) is 116 cm³/mol. The second-order valence-corrected chi connectivity index (χ2v) is 10.2. The Balaban J connectivity index is 1.70. The zero-order valence-electron chi connectivity index (χ0n) is 16.9. The molecule has 1 aliphatic heterocycles. The van der Waals surface area contributed by atoms with Crippen molar-refractivity contribution in [3.05, 3.63) is 63.9 Å². The monoisotopic (exact) mass is 452 g/mol. The van der Waals surface area contributed by atoms with Crippen LogP contribution in [0, 0.1) is 11.7 Å². The Morgan fingerprint density at radius 2 is 1.90 bits per heavy atom. The van der Waals surface area contributed by atoms with Crippen LogP contribution in [0.4, 0.5) is 4.39 Å². The number of carbonyl (C=O) groups is 1. The van der Waals surface area contributed by atoms with Crippen molar-refractivity contribution in [2.75, 3.05) is 18.8 Å². The fourth-order valence-electron chi connectivity index (χ4n) is 3.67. The van der Waals surface area contributed by atoms with Gasteiger partial charge in [-0.15, -0.1) is 0 Å². The maximum atomic E-state index is 14.6. The molecule has 0 aromatic heterocycles. The lowest BCUT2D eigenvalue weighted by molar-refractivity contribution is 0.0950. The second-order valence-electron chi connectivity index (χ2n) is 7.54. The molecule has 0 aliphatic carbocycles. The first-order chi connectivity index (χ1) is 14.3. The van der Waals surface area contributed by atoms with Gasteiger partial charge in [0.25, 0.3) is 5.91 Å². The fraction of sp³-hybridized carbons (Fsp3) is 0.409. The zero-order valence-corrected chi connectivity index (χ0v) is 18.5. The molecule has 30 heavy (non-hydrogen) atoms. The van der Waals surface area contributed by atoms with E-state index in [9.17, 15) is 17.6 Å². The lowest BCUT2D eigenvalue weighted by Gasteiger charge is -2.22. The van der Waals surface area contributed by atoms with E-state index < -0.39 is 21.6 Å². The van der Waals surface area contributed by atoms with Crippen LogP contribution in [-0.4, -0.2) is 33.2 Å². The summed E-state index contributed by atoms with van der Waals surface area (Å²) in [5, 5.41) is 6.34. The van der Waals surface area contributed by atoms with Crippen LogP contribution in [0.15, 0.2) is 41.3 Å². The van der Waals surface area contributed by atoms with Crippen LogP contribution in [0.3, 0.4) is 0 Å². The Morgan fingerprint density at radius 1 is 1.17 bits per heavy atom. The number of sulfone groups is 1. The highest BCUT2D eigenvalue weighted by atomic mass is 35.5. The van der Waals surface area contributed by atoms with E-state index in [2.05, 4.69) is 10.6 Å². The first kappa shape index (κ1) is 22.7. The van der Waals surface area contributed by atoms with Crippen molar-refractivity contribution in [1.29, 1.82) is 0 Å². The molecule has 1 heterocycles. The Bertz CT molecular complexity index is 1020. The molecule has 162 valence electrons. The number of benzene rings is 2. The Hall–Kier alpha value is -1.96. The van der Waals surface area contributed by atoms with Gasteiger partial charge in [0.15, 0.2) is 9.84 Å². The summed E-state index contributed by atoms with van der Waals surface area (Å²) in [5.74, 6) is -0.471. The molecule has 3 rings (SSSR count). The molecule has 2 aromatic carbocycles. The lowest BCUT2D eigenvalue weighted by atomic mass is 9.90. The van der Waals surface area contributed by atoms with Gasteiger partial charge in [-0.3, -0.25) is 4.79 Å². The molecule has 2 aromatic rings.